The Morgan fingerprint density at radius 1 is 1.22 bits per heavy atom. The van der Waals surface area contributed by atoms with Gasteiger partial charge < -0.3 is 15.5 Å². The summed E-state index contributed by atoms with van der Waals surface area (Å²) in [6.45, 7) is 1.57. The number of carbonyl (C=O) groups is 2. The molecule has 0 saturated carbocycles. The van der Waals surface area contributed by atoms with Crippen molar-refractivity contribution in [2.75, 3.05) is 33.7 Å². The van der Waals surface area contributed by atoms with Crippen molar-refractivity contribution in [3.8, 4) is 0 Å². The first-order valence-electron chi connectivity index (χ1n) is 7.79. The average molecular weight is 340 g/mol. The van der Waals surface area contributed by atoms with E-state index in [9.17, 15) is 9.59 Å². The van der Waals surface area contributed by atoms with Gasteiger partial charge in [0.25, 0.3) is 0 Å². The van der Waals surface area contributed by atoms with Crippen LogP contribution in [0.25, 0.3) is 0 Å². The zero-order valence-corrected chi connectivity index (χ0v) is 14.6. The van der Waals surface area contributed by atoms with Gasteiger partial charge >= 0.3 is 0 Å². The molecule has 6 heteroatoms. The molecule has 0 aromatic heterocycles. The molecule has 1 fully saturated rings. The fraction of sp³-hybridized carbons (Fsp3) is 0.529. The molecule has 0 aliphatic carbocycles. The van der Waals surface area contributed by atoms with Gasteiger partial charge in [0.15, 0.2) is 0 Å². The molecule has 1 saturated heterocycles. The normalized spacial score (nSPS) is 16.4. The first-order chi connectivity index (χ1) is 10.5. The van der Waals surface area contributed by atoms with Crippen molar-refractivity contribution in [3.05, 3.63) is 35.9 Å². The minimum absolute atomic E-state index is 0. The monoisotopic (exact) mass is 339 g/mol. The van der Waals surface area contributed by atoms with Crippen LogP contribution in [0.4, 0.5) is 0 Å². The molecular weight excluding hydrogens is 314 g/mol. The van der Waals surface area contributed by atoms with Crippen molar-refractivity contribution >= 4 is 24.2 Å². The molecule has 0 bridgehead atoms. The standard InChI is InChI=1S/C17H25N3O2.ClH/c1-19(2)16(21)14-8-10-20(11-9-14)17(22)15(12-18)13-6-4-3-5-7-13;/h3-7,14-15H,8-12,18H2,1-2H3;1H. The second-order valence-electron chi connectivity index (χ2n) is 6.03. The number of amides is 2. The summed E-state index contributed by atoms with van der Waals surface area (Å²) >= 11 is 0. The lowest BCUT2D eigenvalue weighted by Crippen LogP contribution is -2.45. The molecular formula is C17H26ClN3O2. The smallest absolute Gasteiger partial charge is 0.231 e. The second-order valence-corrected chi connectivity index (χ2v) is 6.03. The third kappa shape index (κ3) is 4.69. The third-order valence-corrected chi connectivity index (χ3v) is 4.33. The van der Waals surface area contributed by atoms with Crippen molar-refractivity contribution in [1.82, 2.24) is 9.80 Å². The zero-order chi connectivity index (χ0) is 16.1. The molecule has 0 spiro atoms. The highest BCUT2D eigenvalue weighted by Crippen LogP contribution is 2.23. The molecule has 1 atom stereocenters. The van der Waals surface area contributed by atoms with Crippen LogP contribution in [0.2, 0.25) is 0 Å². The number of nitrogens with zero attached hydrogens (tertiary/aromatic N) is 2. The third-order valence-electron chi connectivity index (χ3n) is 4.33. The Balaban J connectivity index is 0.00000264. The summed E-state index contributed by atoms with van der Waals surface area (Å²) in [5.74, 6) is -0.0237. The molecule has 1 aromatic rings. The largest absolute Gasteiger partial charge is 0.349 e. The fourth-order valence-corrected chi connectivity index (χ4v) is 3.00. The Bertz CT molecular complexity index is 514. The number of hydrogen-bond donors (Lipinski definition) is 1. The SMILES string of the molecule is CN(C)C(=O)C1CCN(C(=O)C(CN)c2ccccc2)CC1.Cl. The van der Waals surface area contributed by atoms with Crippen LogP contribution in [0.15, 0.2) is 30.3 Å². The number of carbonyl (C=O) groups excluding carboxylic acids is 2. The molecule has 128 valence electrons. The van der Waals surface area contributed by atoms with Gasteiger partial charge in [-0.15, -0.1) is 12.4 Å². The minimum atomic E-state index is -0.290. The van der Waals surface area contributed by atoms with Gasteiger partial charge in [-0.2, -0.15) is 0 Å². The number of rotatable bonds is 4. The molecule has 2 rings (SSSR count). The molecule has 1 heterocycles. The first-order valence-corrected chi connectivity index (χ1v) is 7.79. The molecule has 1 aromatic carbocycles. The maximum Gasteiger partial charge on any atom is 0.231 e. The van der Waals surface area contributed by atoms with E-state index in [1.54, 1.807) is 19.0 Å². The summed E-state index contributed by atoms with van der Waals surface area (Å²) in [5.41, 5.74) is 6.78. The van der Waals surface area contributed by atoms with Gasteiger partial charge in [0.2, 0.25) is 11.8 Å². The Morgan fingerprint density at radius 3 is 2.26 bits per heavy atom. The molecule has 23 heavy (non-hydrogen) atoms. The molecule has 2 N–H and O–H groups in total. The number of halogens is 1. The van der Waals surface area contributed by atoms with Crippen LogP contribution < -0.4 is 5.73 Å². The summed E-state index contributed by atoms with van der Waals surface area (Å²) in [6, 6.07) is 9.66. The van der Waals surface area contributed by atoms with Gasteiger partial charge in [0, 0.05) is 39.6 Å². The van der Waals surface area contributed by atoms with E-state index in [0.717, 1.165) is 18.4 Å². The van der Waals surface area contributed by atoms with Gasteiger partial charge in [-0.3, -0.25) is 9.59 Å². The van der Waals surface area contributed by atoms with Crippen molar-refractivity contribution in [1.29, 1.82) is 0 Å². The van der Waals surface area contributed by atoms with E-state index in [1.165, 1.54) is 0 Å². The second kappa shape index (κ2) is 8.89. The van der Waals surface area contributed by atoms with Crippen LogP contribution in [0.3, 0.4) is 0 Å². The van der Waals surface area contributed by atoms with Crippen LogP contribution in [-0.4, -0.2) is 55.3 Å². The van der Waals surface area contributed by atoms with E-state index in [1.807, 2.05) is 35.2 Å². The van der Waals surface area contributed by atoms with Gasteiger partial charge in [0.1, 0.15) is 0 Å². The Hall–Kier alpha value is -1.59. The van der Waals surface area contributed by atoms with Crippen LogP contribution in [0.5, 0.6) is 0 Å². The van der Waals surface area contributed by atoms with E-state index >= 15 is 0 Å². The van der Waals surface area contributed by atoms with Crippen molar-refractivity contribution in [2.45, 2.75) is 18.8 Å². The maximum atomic E-state index is 12.7. The highest BCUT2D eigenvalue weighted by molar-refractivity contribution is 5.85. The summed E-state index contributed by atoms with van der Waals surface area (Å²) in [7, 11) is 3.55. The Kier molecular flexibility index (Phi) is 7.52. The van der Waals surface area contributed by atoms with Crippen LogP contribution in [-0.2, 0) is 9.59 Å². The van der Waals surface area contributed by atoms with Crippen molar-refractivity contribution < 1.29 is 9.59 Å². The number of hydrogen-bond acceptors (Lipinski definition) is 3. The maximum absolute atomic E-state index is 12.7. The van der Waals surface area contributed by atoms with E-state index in [2.05, 4.69) is 0 Å². The molecule has 2 amide bonds. The Labute approximate surface area is 144 Å². The van der Waals surface area contributed by atoms with Gasteiger partial charge in [0.05, 0.1) is 5.92 Å². The molecule has 0 radical (unpaired) electrons. The van der Waals surface area contributed by atoms with Crippen LogP contribution >= 0.6 is 12.4 Å². The topological polar surface area (TPSA) is 66.6 Å². The highest BCUT2D eigenvalue weighted by atomic mass is 35.5. The van der Waals surface area contributed by atoms with Crippen LogP contribution in [0.1, 0.15) is 24.3 Å². The number of nitrogens with two attached hydrogens (primary N) is 1. The van der Waals surface area contributed by atoms with E-state index < -0.39 is 0 Å². The summed E-state index contributed by atoms with van der Waals surface area (Å²) < 4.78 is 0. The minimum Gasteiger partial charge on any atom is -0.349 e. The van der Waals surface area contributed by atoms with Gasteiger partial charge in [-0.25, -0.2) is 0 Å². The molecule has 1 aliphatic rings. The Morgan fingerprint density at radius 2 is 1.78 bits per heavy atom. The van der Waals surface area contributed by atoms with E-state index in [-0.39, 0.29) is 36.1 Å². The average Bonchev–Trinajstić information content (AvgIpc) is 2.56. The highest BCUT2D eigenvalue weighted by Gasteiger charge is 2.31. The molecule has 5 nitrogen and oxygen atoms in total. The first kappa shape index (κ1) is 19.5. The van der Waals surface area contributed by atoms with E-state index in [4.69, 9.17) is 5.73 Å². The molecule has 1 aliphatic heterocycles. The molecule has 1 unspecified atom stereocenters. The van der Waals surface area contributed by atoms with E-state index in [0.29, 0.717) is 19.6 Å². The lowest BCUT2D eigenvalue weighted by molar-refractivity contribution is -0.139. The number of piperidine rings is 1. The predicted octanol–water partition coefficient (Wildman–Crippen LogP) is 1.48. The number of benzene rings is 1. The summed E-state index contributed by atoms with van der Waals surface area (Å²) in [5, 5.41) is 0. The van der Waals surface area contributed by atoms with Gasteiger partial charge in [-0.05, 0) is 18.4 Å². The zero-order valence-electron chi connectivity index (χ0n) is 13.8. The quantitative estimate of drug-likeness (QED) is 0.903. The summed E-state index contributed by atoms with van der Waals surface area (Å²) in [6.07, 6.45) is 1.46. The lowest BCUT2D eigenvalue weighted by Gasteiger charge is -2.34. The fourth-order valence-electron chi connectivity index (χ4n) is 3.00. The summed E-state index contributed by atoms with van der Waals surface area (Å²) in [4.78, 5) is 28.2. The van der Waals surface area contributed by atoms with Crippen molar-refractivity contribution in [2.24, 2.45) is 11.7 Å². The lowest BCUT2D eigenvalue weighted by atomic mass is 9.92. The predicted molar refractivity (Wildman–Crippen MR) is 93.5 cm³/mol. The van der Waals surface area contributed by atoms with Crippen LogP contribution in [0, 0.1) is 5.92 Å². The van der Waals surface area contributed by atoms with Gasteiger partial charge in [-0.1, -0.05) is 30.3 Å². The number of likely N-dealkylation sites (tertiary alicyclic amines) is 1. The van der Waals surface area contributed by atoms with Crippen molar-refractivity contribution in [3.63, 3.8) is 0 Å².